The standard InChI is InChI=1S/C24H39BrN2O2/c1-28-17-16-27-12-7-20(8-13-27)4-3-11-26-14-9-21(10-15-26)18-22-19-23(29-2)5-6-24(22)25/h5-6,19-21H,3-4,7-18H2,1-2H3. The minimum Gasteiger partial charge on any atom is -0.497 e. The molecular formula is C24H39BrN2O2. The second-order valence-electron chi connectivity index (χ2n) is 8.87. The SMILES string of the molecule is COCCN1CCC(CCCN2CCC(Cc3cc(OC)ccc3Br)CC2)CC1. The molecule has 0 unspecified atom stereocenters. The third-order valence-corrected chi connectivity index (χ3v) is 7.65. The van der Waals surface area contributed by atoms with Gasteiger partial charge in [0.2, 0.25) is 0 Å². The van der Waals surface area contributed by atoms with E-state index >= 15 is 0 Å². The van der Waals surface area contributed by atoms with Crippen molar-refractivity contribution in [1.29, 1.82) is 0 Å². The van der Waals surface area contributed by atoms with Crippen molar-refractivity contribution in [3.05, 3.63) is 28.2 Å². The molecule has 0 aliphatic carbocycles. The first-order valence-electron chi connectivity index (χ1n) is 11.4. The summed E-state index contributed by atoms with van der Waals surface area (Å²) < 4.78 is 11.8. The minimum absolute atomic E-state index is 0.797. The Balaban J connectivity index is 1.30. The molecule has 1 aromatic carbocycles. The highest BCUT2D eigenvalue weighted by molar-refractivity contribution is 9.10. The maximum Gasteiger partial charge on any atom is 0.119 e. The maximum atomic E-state index is 5.40. The molecule has 0 aromatic heterocycles. The van der Waals surface area contributed by atoms with Crippen molar-refractivity contribution in [3.8, 4) is 5.75 Å². The zero-order valence-electron chi connectivity index (χ0n) is 18.4. The van der Waals surface area contributed by atoms with E-state index in [1.807, 2.05) is 6.07 Å². The molecule has 3 rings (SSSR count). The smallest absolute Gasteiger partial charge is 0.119 e. The number of ether oxygens (including phenoxy) is 2. The summed E-state index contributed by atoms with van der Waals surface area (Å²) in [5, 5.41) is 0. The van der Waals surface area contributed by atoms with Crippen molar-refractivity contribution < 1.29 is 9.47 Å². The van der Waals surface area contributed by atoms with Crippen LogP contribution in [0, 0.1) is 11.8 Å². The number of rotatable bonds is 10. The molecule has 0 spiro atoms. The summed E-state index contributed by atoms with van der Waals surface area (Å²) in [5.74, 6) is 2.70. The molecule has 164 valence electrons. The fourth-order valence-corrected chi connectivity index (χ4v) is 5.29. The average molecular weight is 467 g/mol. The number of piperidine rings is 2. The molecule has 0 radical (unpaired) electrons. The lowest BCUT2D eigenvalue weighted by Crippen LogP contribution is -2.37. The summed E-state index contributed by atoms with van der Waals surface area (Å²) in [5.41, 5.74) is 1.39. The summed E-state index contributed by atoms with van der Waals surface area (Å²) in [6.07, 6.45) is 9.34. The Morgan fingerprint density at radius 3 is 2.24 bits per heavy atom. The molecule has 2 saturated heterocycles. The van der Waals surface area contributed by atoms with E-state index in [-0.39, 0.29) is 0 Å². The van der Waals surface area contributed by atoms with E-state index in [2.05, 4.69) is 37.9 Å². The monoisotopic (exact) mass is 466 g/mol. The quantitative estimate of drug-likeness (QED) is 0.491. The highest BCUT2D eigenvalue weighted by atomic mass is 79.9. The molecule has 0 N–H and O–H groups in total. The molecule has 4 nitrogen and oxygen atoms in total. The highest BCUT2D eigenvalue weighted by Gasteiger charge is 2.22. The van der Waals surface area contributed by atoms with Gasteiger partial charge in [-0.15, -0.1) is 0 Å². The van der Waals surface area contributed by atoms with Crippen LogP contribution in [0.25, 0.3) is 0 Å². The normalized spacial score (nSPS) is 20.2. The molecule has 2 heterocycles. The van der Waals surface area contributed by atoms with E-state index in [1.165, 1.54) is 81.3 Å². The van der Waals surface area contributed by atoms with E-state index in [4.69, 9.17) is 9.47 Å². The average Bonchev–Trinajstić information content (AvgIpc) is 2.76. The predicted octanol–water partition coefficient (Wildman–Crippen LogP) is 4.85. The topological polar surface area (TPSA) is 24.9 Å². The molecule has 1 aromatic rings. The van der Waals surface area contributed by atoms with Gasteiger partial charge in [0.05, 0.1) is 13.7 Å². The molecule has 0 atom stereocenters. The lowest BCUT2D eigenvalue weighted by molar-refractivity contribution is 0.115. The van der Waals surface area contributed by atoms with E-state index in [9.17, 15) is 0 Å². The van der Waals surface area contributed by atoms with Crippen molar-refractivity contribution in [2.45, 2.75) is 44.9 Å². The zero-order chi connectivity index (χ0) is 20.5. The lowest BCUT2D eigenvalue weighted by atomic mass is 9.89. The van der Waals surface area contributed by atoms with Gasteiger partial charge in [0.15, 0.2) is 0 Å². The minimum atomic E-state index is 0.797. The van der Waals surface area contributed by atoms with Gasteiger partial charge in [-0.3, -0.25) is 0 Å². The van der Waals surface area contributed by atoms with Crippen LogP contribution in [-0.4, -0.2) is 69.9 Å². The second-order valence-corrected chi connectivity index (χ2v) is 9.72. The first kappa shape index (κ1) is 23.1. The van der Waals surface area contributed by atoms with Gasteiger partial charge in [0.1, 0.15) is 5.75 Å². The molecule has 0 bridgehead atoms. The Kier molecular flexibility index (Phi) is 9.77. The van der Waals surface area contributed by atoms with E-state index in [0.717, 1.165) is 37.2 Å². The van der Waals surface area contributed by atoms with Crippen LogP contribution in [0.1, 0.15) is 44.1 Å². The molecule has 0 saturated carbocycles. The van der Waals surface area contributed by atoms with Gasteiger partial charge in [0.25, 0.3) is 0 Å². The molecule has 0 amide bonds. The number of methoxy groups -OCH3 is 2. The third kappa shape index (κ3) is 7.54. The summed E-state index contributed by atoms with van der Waals surface area (Å²) in [4.78, 5) is 5.26. The Morgan fingerprint density at radius 2 is 1.59 bits per heavy atom. The van der Waals surface area contributed by atoms with Gasteiger partial charge < -0.3 is 19.3 Å². The summed E-state index contributed by atoms with van der Waals surface area (Å²) in [6, 6.07) is 6.34. The van der Waals surface area contributed by atoms with Crippen molar-refractivity contribution in [2.24, 2.45) is 11.8 Å². The molecule has 2 aliphatic rings. The Hall–Kier alpha value is -0.620. The fraction of sp³-hybridized carbons (Fsp3) is 0.750. The van der Waals surface area contributed by atoms with Crippen LogP contribution < -0.4 is 4.74 Å². The van der Waals surface area contributed by atoms with Gasteiger partial charge in [-0.05, 0) is 113 Å². The number of nitrogens with zero attached hydrogens (tertiary/aromatic N) is 2. The predicted molar refractivity (Wildman–Crippen MR) is 124 cm³/mol. The lowest BCUT2D eigenvalue weighted by Gasteiger charge is -2.34. The Morgan fingerprint density at radius 1 is 0.931 bits per heavy atom. The summed E-state index contributed by atoms with van der Waals surface area (Å²) in [6.45, 7) is 8.32. The highest BCUT2D eigenvalue weighted by Crippen LogP contribution is 2.29. The van der Waals surface area contributed by atoms with Crippen LogP contribution in [-0.2, 0) is 11.2 Å². The van der Waals surface area contributed by atoms with Gasteiger partial charge in [-0.25, -0.2) is 0 Å². The fourth-order valence-electron chi connectivity index (χ4n) is 4.88. The second kappa shape index (κ2) is 12.3. The van der Waals surface area contributed by atoms with Crippen LogP contribution in [0.15, 0.2) is 22.7 Å². The molecule has 2 aliphatic heterocycles. The van der Waals surface area contributed by atoms with Crippen LogP contribution in [0.5, 0.6) is 5.75 Å². The van der Waals surface area contributed by atoms with E-state index < -0.39 is 0 Å². The number of hydrogen-bond donors (Lipinski definition) is 0. The van der Waals surface area contributed by atoms with Crippen LogP contribution >= 0.6 is 15.9 Å². The summed E-state index contributed by atoms with van der Waals surface area (Å²) >= 11 is 3.71. The number of hydrogen-bond acceptors (Lipinski definition) is 4. The largest absolute Gasteiger partial charge is 0.497 e. The van der Waals surface area contributed by atoms with Gasteiger partial charge in [-0.2, -0.15) is 0 Å². The number of likely N-dealkylation sites (tertiary alicyclic amines) is 2. The molecule has 5 heteroatoms. The third-order valence-electron chi connectivity index (χ3n) is 6.87. The van der Waals surface area contributed by atoms with Crippen LogP contribution in [0.2, 0.25) is 0 Å². The Bertz CT molecular complexity index is 597. The van der Waals surface area contributed by atoms with Crippen LogP contribution in [0.4, 0.5) is 0 Å². The van der Waals surface area contributed by atoms with E-state index in [1.54, 1.807) is 14.2 Å². The number of benzene rings is 1. The first-order valence-corrected chi connectivity index (χ1v) is 12.2. The Labute approximate surface area is 186 Å². The molecule has 29 heavy (non-hydrogen) atoms. The van der Waals surface area contributed by atoms with E-state index in [0.29, 0.717) is 0 Å². The molecule has 2 fully saturated rings. The zero-order valence-corrected chi connectivity index (χ0v) is 20.0. The van der Waals surface area contributed by atoms with Crippen LogP contribution in [0.3, 0.4) is 0 Å². The van der Waals surface area contributed by atoms with Gasteiger partial charge >= 0.3 is 0 Å². The summed E-state index contributed by atoms with van der Waals surface area (Å²) in [7, 11) is 3.55. The van der Waals surface area contributed by atoms with Gasteiger partial charge in [-0.1, -0.05) is 15.9 Å². The van der Waals surface area contributed by atoms with Gasteiger partial charge in [0, 0.05) is 18.1 Å². The van der Waals surface area contributed by atoms with Crippen molar-refractivity contribution in [3.63, 3.8) is 0 Å². The van der Waals surface area contributed by atoms with Crippen molar-refractivity contribution in [2.75, 3.05) is 60.1 Å². The number of halogens is 1. The van der Waals surface area contributed by atoms with Crippen molar-refractivity contribution >= 4 is 15.9 Å². The first-order chi connectivity index (χ1) is 14.2. The van der Waals surface area contributed by atoms with Crippen molar-refractivity contribution in [1.82, 2.24) is 9.80 Å². The molecular weight excluding hydrogens is 428 g/mol. The maximum absolute atomic E-state index is 5.40.